The quantitative estimate of drug-likeness (QED) is 0.492. The minimum atomic E-state index is 0.815. The molecule has 0 aromatic heterocycles. The van der Waals surface area contributed by atoms with Crippen molar-refractivity contribution in [2.24, 2.45) is 0 Å². The van der Waals surface area contributed by atoms with Gasteiger partial charge in [-0.1, -0.05) is 12.2 Å². The predicted molar refractivity (Wildman–Crippen MR) is 48.5 cm³/mol. The van der Waals surface area contributed by atoms with Crippen molar-refractivity contribution >= 4 is 11.8 Å². The molecule has 1 heterocycles. The summed E-state index contributed by atoms with van der Waals surface area (Å²) in [4.78, 5) is 0. The second kappa shape index (κ2) is 4.80. The fourth-order valence-electron chi connectivity index (χ4n) is 0.891. The van der Waals surface area contributed by atoms with Gasteiger partial charge in [0.25, 0.3) is 0 Å². The summed E-state index contributed by atoms with van der Waals surface area (Å²) >= 11 is 2.03. The van der Waals surface area contributed by atoms with Crippen molar-refractivity contribution in [3.05, 3.63) is 12.2 Å². The molecule has 0 spiro atoms. The lowest BCUT2D eigenvalue weighted by atomic mass is 10.3. The highest BCUT2D eigenvalue weighted by molar-refractivity contribution is 8.00. The minimum absolute atomic E-state index is 0.815. The van der Waals surface area contributed by atoms with Crippen LogP contribution in [-0.4, -0.2) is 24.1 Å². The lowest BCUT2D eigenvalue weighted by Crippen LogP contribution is -2.40. The van der Waals surface area contributed by atoms with Gasteiger partial charge in [0, 0.05) is 17.5 Å². The first-order valence-corrected chi connectivity index (χ1v) is 5.01. The summed E-state index contributed by atoms with van der Waals surface area (Å²) in [5.74, 6) is 2.63. The number of hydrogen-bond donors (Lipinski definition) is 1. The summed E-state index contributed by atoms with van der Waals surface area (Å²) in [6.45, 7) is 3.22. The van der Waals surface area contributed by atoms with Crippen LogP contribution in [0.15, 0.2) is 12.2 Å². The lowest BCUT2D eigenvalue weighted by Gasteiger charge is -2.25. The number of thioether (sulfide) groups is 1. The van der Waals surface area contributed by atoms with Gasteiger partial charge < -0.3 is 5.32 Å². The van der Waals surface area contributed by atoms with E-state index < -0.39 is 0 Å². The Hall–Kier alpha value is 0.0500. The Morgan fingerprint density at radius 1 is 1.60 bits per heavy atom. The van der Waals surface area contributed by atoms with Crippen LogP contribution < -0.4 is 5.32 Å². The third-order valence-corrected chi connectivity index (χ3v) is 2.89. The average Bonchev–Trinajstić information content (AvgIpc) is 1.84. The van der Waals surface area contributed by atoms with Crippen LogP contribution in [0, 0.1) is 0 Å². The molecule has 1 aliphatic heterocycles. The molecule has 1 saturated heterocycles. The maximum absolute atomic E-state index is 3.48. The van der Waals surface area contributed by atoms with Crippen LogP contribution in [-0.2, 0) is 0 Å². The maximum atomic E-state index is 3.48. The Bertz CT molecular complexity index is 108. The van der Waals surface area contributed by atoms with Gasteiger partial charge in [0.05, 0.1) is 0 Å². The first kappa shape index (κ1) is 8.15. The van der Waals surface area contributed by atoms with Crippen LogP contribution >= 0.6 is 11.8 Å². The van der Waals surface area contributed by atoms with Gasteiger partial charge in [-0.25, -0.2) is 0 Å². The van der Waals surface area contributed by atoms with E-state index in [2.05, 4.69) is 24.4 Å². The minimum Gasteiger partial charge on any atom is -0.312 e. The van der Waals surface area contributed by atoms with Crippen molar-refractivity contribution in [3.63, 3.8) is 0 Å². The van der Waals surface area contributed by atoms with E-state index in [0.717, 1.165) is 12.6 Å². The number of hydrogen-bond acceptors (Lipinski definition) is 2. The van der Waals surface area contributed by atoms with E-state index in [0.29, 0.717) is 0 Å². The van der Waals surface area contributed by atoms with E-state index in [1.165, 1.54) is 17.9 Å². The Morgan fingerprint density at radius 3 is 2.90 bits per heavy atom. The monoisotopic (exact) mass is 157 g/mol. The highest BCUT2D eigenvalue weighted by atomic mass is 32.2. The zero-order valence-electron chi connectivity index (χ0n) is 6.47. The van der Waals surface area contributed by atoms with E-state index in [1.54, 1.807) is 0 Å². The smallest absolute Gasteiger partial charge is 0.0248 e. The number of allylic oxidation sites excluding steroid dienone is 1. The SMILES string of the molecule is CC=CCCNC1CSC1. The van der Waals surface area contributed by atoms with Crippen LogP contribution in [0.4, 0.5) is 0 Å². The van der Waals surface area contributed by atoms with Gasteiger partial charge in [-0.05, 0) is 19.9 Å². The summed E-state index contributed by atoms with van der Waals surface area (Å²) in [5.41, 5.74) is 0. The molecule has 1 rings (SSSR count). The number of rotatable bonds is 4. The van der Waals surface area contributed by atoms with E-state index >= 15 is 0 Å². The molecule has 0 amide bonds. The topological polar surface area (TPSA) is 12.0 Å². The summed E-state index contributed by atoms with van der Waals surface area (Å²) < 4.78 is 0. The normalized spacial score (nSPS) is 19.7. The average molecular weight is 157 g/mol. The Morgan fingerprint density at radius 2 is 2.40 bits per heavy atom. The van der Waals surface area contributed by atoms with Crippen molar-refractivity contribution in [1.29, 1.82) is 0 Å². The lowest BCUT2D eigenvalue weighted by molar-refractivity contribution is 0.589. The zero-order valence-corrected chi connectivity index (χ0v) is 7.29. The van der Waals surface area contributed by atoms with Crippen LogP contribution in [0.1, 0.15) is 13.3 Å². The molecule has 0 aromatic carbocycles. The largest absolute Gasteiger partial charge is 0.312 e. The van der Waals surface area contributed by atoms with Crippen LogP contribution in [0.2, 0.25) is 0 Å². The summed E-state index contributed by atoms with van der Waals surface area (Å²) in [6, 6.07) is 0.815. The van der Waals surface area contributed by atoms with E-state index in [4.69, 9.17) is 0 Å². The van der Waals surface area contributed by atoms with Crippen molar-refractivity contribution < 1.29 is 0 Å². The Labute approximate surface area is 67.3 Å². The van der Waals surface area contributed by atoms with Gasteiger partial charge in [-0.2, -0.15) is 11.8 Å². The molecule has 0 aliphatic carbocycles. The fourth-order valence-corrected chi connectivity index (χ4v) is 1.60. The first-order chi connectivity index (χ1) is 4.93. The molecule has 10 heavy (non-hydrogen) atoms. The Kier molecular flexibility index (Phi) is 3.91. The molecule has 0 unspecified atom stereocenters. The van der Waals surface area contributed by atoms with Crippen LogP contribution in [0.25, 0.3) is 0 Å². The molecule has 0 saturated carbocycles. The predicted octanol–water partition coefficient (Wildman–Crippen LogP) is 1.66. The molecule has 1 N–H and O–H groups in total. The molecule has 0 atom stereocenters. The first-order valence-electron chi connectivity index (χ1n) is 3.86. The molecular weight excluding hydrogens is 142 g/mol. The maximum Gasteiger partial charge on any atom is 0.0248 e. The zero-order chi connectivity index (χ0) is 7.23. The van der Waals surface area contributed by atoms with Gasteiger partial charge in [-0.3, -0.25) is 0 Å². The molecule has 1 aliphatic rings. The van der Waals surface area contributed by atoms with Crippen LogP contribution in [0.5, 0.6) is 0 Å². The van der Waals surface area contributed by atoms with E-state index in [-0.39, 0.29) is 0 Å². The van der Waals surface area contributed by atoms with Gasteiger partial charge in [0.15, 0.2) is 0 Å². The van der Waals surface area contributed by atoms with Crippen molar-refractivity contribution in [2.75, 3.05) is 18.1 Å². The molecule has 58 valence electrons. The van der Waals surface area contributed by atoms with Crippen molar-refractivity contribution in [1.82, 2.24) is 5.32 Å². The number of nitrogens with one attached hydrogen (secondary N) is 1. The van der Waals surface area contributed by atoms with Crippen LogP contribution in [0.3, 0.4) is 0 Å². The summed E-state index contributed by atoms with van der Waals surface area (Å²) in [7, 11) is 0. The summed E-state index contributed by atoms with van der Waals surface area (Å²) in [6.07, 6.45) is 5.49. The molecule has 1 fully saturated rings. The van der Waals surface area contributed by atoms with Gasteiger partial charge in [0.1, 0.15) is 0 Å². The second-order valence-corrected chi connectivity index (χ2v) is 3.62. The van der Waals surface area contributed by atoms with Gasteiger partial charge in [0.2, 0.25) is 0 Å². The van der Waals surface area contributed by atoms with Gasteiger partial charge >= 0.3 is 0 Å². The van der Waals surface area contributed by atoms with Crippen molar-refractivity contribution in [2.45, 2.75) is 19.4 Å². The van der Waals surface area contributed by atoms with E-state index in [9.17, 15) is 0 Å². The molecule has 0 aromatic rings. The molecular formula is C8H15NS. The highest BCUT2D eigenvalue weighted by Crippen LogP contribution is 2.16. The molecule has 0 radical (unpaired) electrons. The molecule has 2 heteroatoms. The molecule has 1 nitrogen and oxygen atoms in total. The third-order valence-electron chi connectivity index (χ3n) is 1.62. The summed E-state index contributed by atoms with van der Waals surface area (Å²) in [5, 5.41) is 3.48. The van der Waals surface area contributed by atoms with E-state index in [1.807, 2.05) is 11.8 Å². The standard InChI is InChI=1S/C8H15NS/c1-2-3-4-5-9-8-6-10-7-8/h2-3,8-9H,4-7H2,1H3. The highest BCUT2D eigenvalue weighted by Gasteiger charge is 2.15. The third kappa shape index (κ3) is 2.76. The molecule has 0 bridgehead atoms. The van der Waals surface area contributed by atoms with Crippen molar-refractivity contribution in [3.8, 4) is 0 Å². The van der Waals surface area contributed by atoms with Gasteiger partial charge in [-0.15, -0.1) is 0 Å². The second-order valence-electron chi connectivity index (χ2n) is 2.55. The fraction of sp³-hybridized carbons (Fsp3) is 0.750. The Balaban J connectivity index is 1.85.